The number of nitrogens with two attached hydrogens (primary N) is 3. The Morgan fingerprint density at radius 3 is 1.12 bits per heavy atom. The molecular weight excluding hydrogens is 1730 g/mol. The summed E-state index contributed by atoms with van der Waals surface area (Å²) in [5.74, 6) is -3.25. The SMILES string of the molecule is CC(C)C[C@@H](N)C(=O)N1C[C@H](CO)[C@@H](O)[C@H](O)C1.CC(C)C[C@H](N)C(=O)N1C[C@H](CO)[C@@H](O)[C@H](O)C1.CC[C@@H](F)[C@H]1CNC[C@@H](O)[C@@H]1O.CC[C@H](F)[C@H]1CNC[C@@H](O)[C@@H]1O.Cl.Nc1cccc(CN2C[C@H](CO)[C@@H](O)[C@H](O)C2)c1.O=[N+]([O-])c1cccc(CN2C[C@H](CO)[C@@H](O)[C@H](O)C2)c1.O=[N+]([O-])c1ccccc1CN1C[C@H](CO)[C@@H](O)[C@H](O)C1.OC[C@H]1CNC[C@H](F)[C@@H]1O. The molecule has 30 N–H and O–H groups in total. The van der Waals surface area contributed by atoms with E-state index in [-0.39, 0.29) is 133 Å². The molecule has 0 spiro atoms. The van der Waals surface area contributed by atoms with Gasteiger partial charge in [0.05, 0.1) is 127 Å². The number of halogens is 4. The molecule has 0 saturated carbocycles. The van der Waals surface area contributed by atoms with Gasteiger partial charge in [-0.1, -0.05) is 84.0 Å². The zero-order valence-electron chi connectivity index (χ0n) is 74.5. The first-order valence-electron chi connectivity index (χ1n) is 43.9. The first-order chi connectivity index (χ1) is 60.4. The maximum atomic E-state index is 13.1. The van der Waals surface area contributed by atoms with E-state index in [1.54, 1.807) is 49.1 Å². The molecule has 2 amide bonds. The molecule has 3 aromatic carbocycles. The van der Waals surface area contributed by atoms with Crippen molar-refractivity contribution in [1.82, 2.24) is 40.4 Å². The minimum Gasteiger partial charge on any atom is -0.399 e. The van der Waals surface area contributed by atoms with Crippen LogP contribution in [0.5, 0.6) is 0 Å². The largest absolute Gasteiger partial charge is 0.399 e. The smallest absolute Gasteiger partial charge is 0.273 e. The van der Waals surface area contributed by atoms with Crippen molar-refractivity contribution in [2.45, 2.75) is 209 Å². The predicted octanol–water partition coefficient (Wildman–Crippen LogP) is -5.37. The number of alkyl halides is 3. The van der Waals surface area contributed by atoms with Crippen molar-refractivity contribution in [1.29, 1.82) is 0 Å². The summed E-state index contributed by atoms with van der Waals surface area (Å²) in [6.45, 7) is 16.8. The van der Waals surface area contributed by atoms with Gasteiger partial charge in [-0.3, -0.25) is 44.5 Å². The number of benzene rings is 3. The number of nitrogens with one attached hydrogen (secondary N) is 3. The second kappa shape index (κ2) is 59.8. The van der Waals surface area contributed by atoms with Crippen molar-refractivity contribution >= 4 is 41.3 Å². The Labute approximate surface area is 757 Å². The Hall–Kier alpha value is -5.88. The minimum absolute atomic E-state index is 0. The van der Waals surface area contributed by atoms with Crippen LogP contribution in [-0.2, 0) is 29.2 Å². The van der Waals surface area contributed by atoms with E-state index in [9.17, 15) is 130 Å². The molecule has 8 fully saturated rings. The van der Waals surface area contributed by atoms with Gasteiger partial charge < -0.3 is 150 Å². The number of hydrogen-bond acceptors (Lipinski definition) is 36. The lowest BCUT2D eigenvalue weighted by Crippen LogP contribution is -2.58. The molecule has 3 aromatic rings. The van der Waals surface area contributed by atoms with E-state index in [1.807, 2.05) is 61.8 Å². The molecular formula is C85H149ClF3N13O27. The lowest BCUT2D eigenvalue weighted by Gasteiger charge is -2.39. The number of para-hydroxylation sites is 1. The van der Waals surface area contributed by atoms with Crippen LogP contribution in [-0.4, -0.2) is 420 Å². The molecule has 0 radical (unpaired) electrons. The van der Waals surface area contributed by atoms with Crippen molar-refractivity contribution in [3.63, 3.8) is 0 Å². The first kappa shape index (κ1) is 117. The van der Waals surface area contributed by atoms with Crippen LogP contribution in [0.4, 0.5) is 30.2 Å². The standard InChI is InChI=1S/2C13H18N2O5.C13H20N2O3.2C12H24N2O4.2C8H16FNO2.C6H12FNO2.ClH/c16-8-10-6-14(7-12(17)13(10)18)5-9-2-1-3-11(4-9)15(19)20;16-8-10-6-14(7-12(17)13(10)18)5-9-3-1-2-4-11(9)15(19)20;14-11-3-1-2-9(4-11)5-15-6-10(8-16)13(18)12(17)7-15;2*1-7(2)3-9(13)12(18)14-4-8(6-15)11(17)10(16)5-14;2*1-2-6(9)5-3-10-4-7(11)8(5)12;7-5-2-8-1-4(3-9)6(5)10;/h2*1-4,10,12-13,16-18H,5-8H2;1-4,10,12-13,16-18H,5-8,14H2;2*7-11,15-17H,3-6,13H2,1-2H3;2*5-8,10-12H,2-4H2,1H3;4-6,8-10H,1-3H2;1H/t3*10-,12-,13-;8-,9+,10-,11-;8-,9-,10-,11-;5-,6+,7-,8-;5-,6-,7-,8-;4-,5+,6-;/m11111111./s1. The molecule has 44 heteroatoms. The maximum Gasteiger partial charge on any atom is 0.273 e. The van der Waals surface area contributed by atoms with E-state index in [4.69, 9.17) is 37.6 Å². The third-order valence-electron chi connectivity index (χ3n) is 23.9. The van der Waals surface area contributed by atoms with Gasteiger partial charge in [-0.05, 0) is 60.8 Å². The first-order valence-corrected chi connectivity index (χ1v) is 43.9. The van der Waals surface area contributed by atoms with Gasteiger partial charge in [0.1, 0.15) is 18.5 Å². The number of nitro benzene ring substituents is 2. The molecule has 0 aromatic heterocycles. The predicted molar refractivity (Wildman–Crippen MR) is 473 cm³/mol. The maximum absolute atomic E-state index is 13.1. The average molecular weight is 1880 g/mol. The van der Waals surface area contributed by atoms with Crippen molar-refractivity contribution in [3.8, 4) is 0 Å². The number of anilines is 1. The van der Waals surface area contributed by atoms with Gasteiger partial charge in [-0.25, -0.2) is 13.2 Å². The number of β-amino-alcohol motifs (C(OH)–C–C–N with tert-alkyl or cyclic N) is 7. The molecule has 129 heavy (non-hydrogen) atoms. The highest BCUT2D eigenvalue weighted by atomic mass is 35.5. The molecule has 0 unspecified atom stereocenters. The lowest BCUT2D eigenvalue weighted by atomic mass is 9.89. The van der Waals surface area contributed by atoms with E-state index >= 15 is 0 Å². The number of nitro groups is 2. The Kier molecular flexibility index (Phi) is 54.3. The van der Waals surface area contributed by atoms with Crippen LogP contribution in [0.1, 0.15) is 83.9 Å². The lowest BCUT2D eigenvalue weighted by molar-refractivity contribution is -0.385. The molecule has 8 aliphatic rings. The van der Waals surface area contributed by atoms with E-state index in [0.717, 1.165) is 11.1 Å². The van der Waals surface area contributed by atoms with Gasteiger partial charge >= 0.3 is 0 Å². The van der Waals surface area contributed by atoms with Crippen LogP contribution in [0, 0.1) is 79.4 Å². The summed E-state index contributed by atoms with van der Waals surface area (Å²) in [5.41, 5.74) is 20.5. The zero-order chi connectivity index (χ0) is 96.1. The molecule has 744 valence electrons. The molecule has 11 rings (SSSR count). The zero-order valence-corrected chi connectivity index (χ0v) is 75.3. The number of carbonyl (C=O) groups excluding carboxylic acids is 2. The van der Waals surface area contributed by atoms with E-state index in [0.29, 0.717) is 127 Å². The number of carbonyl (C=O) groups is 2. The van der Waals surface area contributed by atoms with Gasteiger partial charge in [0.2, 0.25) is 11.8 Å². The average Bonchev–Trinajstić information content (AvgIpc) is 0.866. The number of non-ortho nitro benzene ring substituents is 1. The topological polar surface area (TPSA) is 676 Å². The molecule has 8 aliphatic heterocycles. The molecule has 0 bridgehead atoms. The number of nitrogen functional groups attached to an aromatic ring is 1. The normalized spacial score (nSPS) is 31.7. The van der Waals surface area contributed by atoms with Crippen LogP contribution < -0.4 is 33.2 Å². The third kappa shape index (κ3) is 38.1. The van der Waals surface area contributed by atoms with Gasteiger partial charge in [-0.2, -0.15) is 0 Å². The van der Waals surface area contributed by atoms with Crippen molar-refractivity contribution in [2.24, 2.45) is 70.6 Å². The van der Waals surface area contributed by atoms with Crippen molar-refractivity contribution in [3.05, 3.63) is 110 Å². The number of amides is 2. The van der Waals surface area contributed by atoms with Crippen LogP contribution >= 0.6 is 12.4 Å². The fourth-order valence-corrected chi connectivity index (χ4v) is 16.4. The van der Waals surface area contributed by atoms with Crippen LogP contribution in [0.2, 0.25) is 0 Å². The fraction of sp³-hybridized carbons (Fsp3) is 0.765. The third-order valence-corrected chi connectivity index (χ3v) is 23.9. The summed E-state index contributed by atoms with van der Waals surface area (Å²) >= 11 is 0. The number of aliphatic hydroxyl groups excluding tert-OH is 21. The Morgan fingerprint density at radius 2 is 0.775 bits per heavy atom. The van der Waals surface area contributed by atoms with Crippen LogP contribution in [0.25, 0.3) is 0 Å². The summed E-state index contributed by atoms with van der Waals surface area (Å²) in [6.07, 6.45) is -15.2. The van der Waals surface area contributed by atoms with Crippen LogP contribution in [0.15, 0.2) is 72.8 Å². The molecule has 28 atom stereocenters. The number of hydrogen-bond donors (Lipinski definition) is 27. The molecule has 40 nitrogen and oxygen atoms in total. The minimum atomic E-state index is -1.23. The summed E-state index contributed by atoms with van der Waals surface area (Å²) in [7, 11) is 0. The quantitative estimate of drug-likeness (QED) is 0.0226. The highest BCUT2D eigenvalue weighted by molar-refractivity contribution is 5.85. The van der Waals surface area contributed by atoms with E-state index in [2.05, 4.69) is 16.0 Å². The van der Waals surface area contributed by atoms with Gasteiger partial charge in [0.15, 0.2) is 0 Å². The number of rotatable bonds is 24. The number of nitrogens with zero attached hydrogens (tertiary/aromatic N) is 7. The van der Waals surface area contributed by atoms with Crippen LogP contribution in [0.3, 0.4) is 0 Å². The van der Waals surface area contributed by atoms with Gasteiger partial charge in [-0.15, -0.1) is 12.4 Å². The summed E-state index contributed by atoms with van der Waals surface area (Å²) in [4.78, 5) is 53.5. The molecule has 8 saturated heterocycles. The number of aliphatic hydroxyl groups is 21. The second-order valence-corrected chi connectivity index (χ2v) is 35.3. The number of piperidine rings is 8. The van der Waals surface area contributed by atoms with Crippen molar-refractivity contribution in [2.75, 3.05) is 150 Å². The van der Waals surface area contributed by atoms with E-state index in [1.165, 1.54) is 28.0 Å². The van der Waals surface area contributed by atoms with Gasteiger partial charge in [0.25, 0.3) is 11.4 Å². The number of likely N-dealkylation sites (tertiary alicyclic amines) is 5. The molecule has 0 aliphatic carbocycles. The van der Waals surface area contributed by atoms with Gasteiger partial charge in [0, 0.05) is 228 Å². The highest BCUT2D eigenvalue weighted by Crippen LogP contribution is 2.29. The monoisotopic (exact) mass is 1880 g/mol. The Bertz CT molecular complexity index is 3560. The summed E-state index contributed by atoms with van der Waals surface area (Å²) < 4.78 is 38.9. The Morgan fingerprint density at radius 1 is 0.426 bits per heavy atom. The highest BCUT2D eigenvalue weighted by Gasteiger charge is 2.43. The van der Waals surface area contributed by atoms with E-state index < -0.39 is 168 Å². The fourth-order valence-electron chi connectivity index (χ4n) is 16.4. The summed E-state index contributed by atoms with van der Waals surface area (Å²) in [5, 5.41) is 228. The second-order valence-electron chi connectivity index (χ2n) is 35.3. The Balaban J connectivity index is 0.000000383. The molecule has 8 heterocycles. The van der Waals surface area contributed by atoms with Crippen molar-refractivity contribution < 1.29 is 140 Å². The summed E-state index contributed by atoms with van der Waals surface area (Å²) in [6, 6.07) is 19.2.